The van der Waals surface area contributed by atoms with Gasteiger partial charge in [-0.05, 0) is 118 Å². The van der Waals surface area contributed by atoms with Crippen molar-refractivity contribution in [1.82, 2.24) is 0 Å². The van der Waals surface area contributed by atoms with Crippen LogP contribution in [0.3, 0.4) is 0 Å². The number of alkyl halides is 1. The van der Waals surface area contributed by atoms with Crippen LogP contribution in [-0.2, 0) is 0 Å². The fraction of sp³-hybridized carbons (Fsp3) is 0.600. The Bertz CT molecular complexity index is 661. The first-order valence-electron chi connectivity index (χ1n) is 12.2. The second kappa shape index (κ2) is 19.1. The van der Waals surface area contributed by atoms with Crippen molar-refractivity contribution in [3.63, 3.8) is 0 Å². The summed E-state index contributed by atoms with van der Waals surface area (Å²) in [6, 6.07) is 0. The highest BCUT2D eigenvalue weighted by Gasteiger charge is 1.94. The molecule has 0 fully saturated rings. The van der Waals surface area contributed by atoms with Crippen LogP contribution in [0.1, 0.15) is 113 Å². The van der Waals surface area contributed by atoms with Crippen LogP contribution < -0.4 is 0 Å². The largest absolute Gasteiger partial charge is 0.246 e. The second-order valence-electron chi connectivity index (χ2n) is 9.40. The molecule has 0 amide bonds. The number of hydrogen-bond acceptors (Lipinski definition) is 0. The third kappa shape index (κ3) is 20.0. The molecule has 0 unspecified atom stereocenters. The van der Waals surface area contributed by atoms with Gasteiger partial charge in [-0.25, -0.2) is 4.39 Å². The van der Waals surface area contributed by atoms with Gasteiger partial charge in [0, 0.05) is 0 Å². The van der Waals surface area contributed by atoms with Gasteiger partial charge < -0.3 is 0 Å². The van der Waals surface area contributed by atoms with Gasteiger partial charge in [0.05, 0.1) is 0 Å². The molecule has 0 N–H and O–H groups in total. The Balaban J connectivity index is 4.07. The van der Waals surface area contributed by atoms with Crippen LogP contribution in [0.15, 0.2) is 69.9 Å². The first-order valence-corrected chi connectivity index (χ1v) is 12.2. The van der Waals surface area contributed by atoms with E-state index in [1.165, 1.54) is 40.7 Å². The molecular formula is C30H49F. The first kappa shape index (κ1) is 29.4. The van der Waals surface area contributed by atoms with E-state index in [1.54, 1.807) is 0 Å². The number of rotatable bonds is 16. The highest BCUT2D eigenvalue weighted by atomic mass is 19.1. The highest BCUT2D eigenvalue weighted by Crippen LogP contribution is 2.14. The standard InChI is InChI=1S/C30H49F/c1-25(2)14-10-17-28(5)20-11-18-26(3)15-8-9-16-27(4)19-12-21-29(6)22-13-23-30(7)24-31/h14-16,20-21,23H,8-13,17-19,22,24H2,1-7H3. The summed E-state index contributed by atoms with van der Waals surface area (Å²) in [5.41, 5.74) is 8.18. The van der Waals surface area contributed by atoms with Crippen LogP contribution in [0.2, 0.25) is 0 Å². The minimum Gasteiger partial charge on any atom is -0.246 e. The molecule has 0 saturated carbocycles. The van der Waals surface area contributed by atoms with Crippen molar-refractivity contribution in [3.05, 3.63) is 69.9 Å². The lowest BCUT2D eigenvalue weighted by Crippen LogP contribution is -1.83. The minimum atomic E-state index is -0.324. The molecule has 0 aromatic heterocycles. The lowest BCUT2D eigenvalue weighted by molar-refractivity contribution is 0.541. The van der Waals surface area contributed by atoms with Gasteiger partial charge in [-0.2, -0.15) is 0 Å². The van der Waals surface area contributed by atoms with Gasteiger partial charge in [-0.15, -0.1) is 0 Å². The molecule has 0 aliphatic rings. The fourth-order valence-electron chi connectivity index (χ4n) is 3.35. The van der Waals surface area contributed by atoms with Crippen molar-refractivity contribution in [2.45, 2.75) is 113 Å². The maximum atomic E-state index is 12.4. The molecule has 0 aromatic rings. The molecule has 0 bridgehead atoms. The molecule has 1 heteroatoms. The predicted molar refractivity (Wildman–Crippen MR) is 140 cm³/mol. The van der Waals surface area contributed by atoms with Crippen molar-refractivity contribution < 1.29 is 4.39 Å². The van der Waals surface area contributed by atoms with Gasteiger partial charge in [0.1, 0.15) is 6.67 Å². The van der Waals surface area contributed by atoms with Gasteiger partial charge >= 0.3 is 0 Å². The van der Waals surface area contributed by atoms with Crippen LogP contribution in [0.25, 0.3) is 0 Å². The van der Waals surface area contributed by atoms with Crippen LogP contribution in [0, 0.1) is 0 Å². The molecule has 0 rings (SSSR count). The topological polar surface area (TPSA) is 0 Å². The molecule has 0 saturated heterocycles. The molecule has 0 spiro atoms. The lowest BCUT2D eigenvalue weighted by atomic mass is 10.0. The summed E-state index contributed by atoms with van der Waals surface area (Å²) in [6.45, 7) is 14.8. The zero-order valence-electron chi connectivity index (χ0n) is 21.6. The van der Waals surface area contributed by atoms with E-state index < -0.39 is 0 Å². The Morgan fingerprint density at radius 1 is 0.419 bits per heavy atom. The third-order valence-corrected chi connectivity index (χ3v) is 5.55. The smallest absolute Gasteiger partial charge is 0.110 e. The van der Waals surface area contributed by atoms with E-state index in [9.17, 15) is 4.39 Å². The Kier molecular flexibility index (Phi) is 18.1. The molecule has 0 radical (unpaired) electrons. The zero-order chi connectivity index (χ0) is 23.5. The zero-order valence-corrected chi connectivity index (χ0v) is 21.6. The third-order valence-electron chi connectivity index (χ3n) is 5.55. The summed E-state index contributed by atoms with van der Waals surface area (Å²) >= 11 is 0. The van der Waals surface area contributed by atoms with E-state index in [0.29, 0.717) is 0 Å². The van der Waals surface area contributed by atoms with E-state index >= 15 is 0 Å². The summed E-state index contributed by atoms with van der Waals surface area (Å²) in [5, 5.41) is 0. The molecule has 0 heterocycles. The Morgan fingerprint density at radius 3 is 1.03 bits per heavy atom. The Labute approximate surface area is 193 Å². The quantitative estimate of drug-likeness (QED) is 0.169. The summed E-state index contributed by atoms with van der Waals surface area (Å²) in [5.74, 6) is 0. The van der Waals surface area contributed by atoms with Crippen molar-refractivity contribution in [2.75, 3.05) is 6.67 Å². The number of allylic oxidation sites excluding steroid dienone is 12. The van der Waals surface area contributed by atoms with Crippen LogP contribution >= 0.6 is 0 Å². The van der Waals surface area contributed by atoms with Crippen molar-refractivity contribution in [3.8, 4) is 0 Å². The molecule has 0 aliphatic heterocycles. The van der Waals surface area contributed by atoms with E-state index in [-0.39, 0.29) is 6.67 Å². The number of halogens is 1. The Morgan fingerprint density at radius 2 is 0.710 bits per heavy atom. The van der Waals surface area contributed by atoms with E-state index in [1.807, 2.05) is 13.0 Å². The first-order chi connectivity index (χ1) is 14.7. The fourth-order valence-corrected chi connectivity index (χ4v) is 3.35. The molecular weight excluding hydrogens is 379 g/mol. The lowest BCUT2D eigenvalue weighted by Gasteiger charge is -2.03. The van der Waals surface area contributed by atoms with Crippen molar-refractivity contribution in [1.29, 1.82) is 0 Å². The average Bonchev–Trinajstić information content (AvgIpc) is 2.70. The SMILES string of the molecule is CC(C)=CCCC(C)=CCCC(C)=CCCC=C(C)CCC=C(C)CCC=C(C)CF. The normalized spacial score (nSPS) is 14.3. The average molecular weight is 429 g/mol. The summed E-state index contributed by atoms with van der Waals surface area (Å²) in [7, 11) is 0. The van der Waals surface area contributed by atoms with Crippen LogP contribution in [0.5, 0.6) is 0 Å². The molecule has 0 nitrogen and oxygen atoms in total. The molecule has 31 heavy (non-hydrogen) atoms. The maximum Gasteiger partial charge on any atom is 0.110 e. The van der Waals surface area contributed by atoms with E-state index in [0.717, 1.165) is 56.9 Å². The summed E-state index contributed by atoms with van der Waals surface area (Å²) in [4.78, 5) is 0. The minimum absolute atomic E-state index is 0.324. The van der Waals surface area contributed by atoms with Crippen molar-refractivity contribution >= 4 is 0 Å². The number of unbranched alkanes of at least 4 members (excludes halogenated alkanes) is 1. The Hall–Kier alpha value is -1.63. The van der Waals surface area contributed by atoms with Gasteiger partial charge in [-0.3, -0.25) is 0 Å². The summed E-state index contributed by atoms with van der Waals surface area (Å²) < 4.78 is 12.4. The number of hydrogen-bond donors (Lipinski definition) is 0. The van der Waals surface area contributed by atoms with Crippen LogP contribution in [0.4, 0.5) is 4.39 Å². The van der Waals surface area contributed by atoms with E-state index in [2.05, 4.69) is 71.9 Å². The van der Waals surface area contributed by atoms with Crippen LogP contribution in [-0.4, -0.2) is 6.67 Å². The highest BCUT2D eigenvalue weighted by molar-refractivity contribution is 5.08. The monoisotopic (exact) mass is 428 g/mol. The predicted octanol–water partition coefficient (Wildman–Crippen LogP) is 10.6. The van der Waals surface area contributed by atoms with E-state index in [4.69, 9.17) is 0 Å². The van der Waals surface area contributed by atoms with Crippen molar-refractivity contribution in [2.24, 2.45) is 0 Å². The van der Waals surface area contributed by atoms with Gasteiger partial charge in [0.2, 0.25) is 0 Å². The molecule has 176 valence electrons. The van der Waals surface area contributed by atoms with Gasteiger partial charge in [0.25, 0.3) is 0 Å². The van der Waals surface area contributed by atoms with Gasteiger partial charge in [0.15, 0.2) is 0 Å². The summed E-state index contributed by atoms with van der Waals surface area (Å²) in [6.07, 6.45) is 25.1. The maximum absolute atomic E-state index is 12.4. The second-order valence-corrected chi connectivity index (χ2v) is 9.40. The molecule has 0 aliphatic carbocycles. The van der Waals surface area contributed by atoms with Gasteiger partial charge in [-0.1, -0.05) is 64.3 Å². The molecule has 0 atom stereocenters. The molecule has 0 aromatic carbocycles.